The lowest BCUT2D eigenvalue weighted by Crippen LogP contribution is -2.46. The predicted octanol–water partition coefficient (Wildman–Crippen LogP) is 7.27. The van der Waals surface area contributed by atoms with Crippen molar-refractivity contribution in [3.63, 3.8) is 0 Å². The van der Waals surface area contributed by atoms with Crippen molar-refractivity contribution in [1.82, 2.24) is 15.5 Å². The summed E-state index contributed by atoms with van der Waals surface area (Å²) >= 11 is 6.50. The van der Waals surface area contributed by atoms with Gasteiger partial charge in [0.15, 0.2) is 6.79 Å². The van der Waals surface area contributed by atoms with Gasteiger partial charge in [-0.2, -0.15) is 5.26 Å². The lowest BCUT2D eigenvalue weighted by molar-refractivity contribution is 0.0496. The van der Waals surface area contributed by atoms with E-state index in [1.807, 2.05) is 64.1 Å². The van der Waals surface area contributed by atoms with E-state index in [2.05, 4.69) is 33.5 Å². The molecule has 0 spiro atoms. The molecule has 1 fully saturated rings. The smallest absolute Gasteiger partial charge is 0.407 e. The number of benzene rings is 3. The second kappa shape index (κ2) is 13.1. The molecule has 0 saturated carbocycles. The number of para-hydroxylation sites is 1. The van der Waals surface area contributed by atoms with Crippen LogP contribution in [0.15, 0.2) is 54.6 Å². The number of halogens is 1. The number of alkyl carbamates (subject to hydrolysis) is 1. The summed E-state index contributed by atoms with van der Waals surface area (Å²) in [6, 6.07) is 19.5. The molecule has 0 radical (unpaired) electrons. The molecule has 3 aromatic carbocycles. The molecule has 4 aromatic rings. The number of aryl methyl sites for hydroxylation is 1. The summed E-state index contributed by atoms with van der Waals surface area (Å²) in [5.41, 5.74) is 5.77. The van der Waals surface area contributed by atoms with Crippen molar-refractivity contribution in [3.8, 4) is 34.2 Å². The first-order valence-corrected chi connectivity index (χ1v) is 14.9. The number of fused-ring (bicyclic) bond motifs is 1. The third-order valence-corrected chi connectivity index (χ3v) is 7.57. The van der Waals surface area contributed by atoms with Gasteiger partial charge in [-0.15, -0.1) is 10.2 Å². The van der Waals surface area contributed by atoms with E-state index >= 15 is 0 Å². The molecule has 1 amide bonds. The Morgan fingerprint density at radius 1 is 1.09 bits per heavy atom. The second-order valence-electron chi connectivity index (χ2n) is 11.9. The fourth-order valence-corrected chi connectivity index (χ4v) is 5.78. The summed E-state index contributed by atoms with van der Waals surface area (Å²) in [5.74, 6) is 0.458. The number of carbonyl (C=O) groups is 1. The van der Waals surface area contributed by atoms with E-state index in [9.17, 15) is 10.1 Å². The summed E-state index contributed by atoms with van der Waals surface area (Å²) in [6.07, 6.45) is 1.06. The highest BCUT2D eigenvalue weighted by atomic mass is 35.5. The number of nitrogens with one attached hydrogen (secondary N) is 1. The molecule has 228 valence electrons. The Morgan fingerprint density at radius 3 is 2.55 bits per heavy atom. The molecule has 10 heteroatoms. The van der Waals surface area contributed by atoms with Crippen molar-refractivity contribution >= 4 is 34.3 Å². The Kier molecular flexibility index (Phi) is 9.23. The maximum atomic E-state index is 12.5. The number of ether oxygens (including phenoxy) is 3. The highest BCUT2D eigenvalue weighted by Gasteiger charge is 2.27. The van der Waals surface area contributed by atoms with Gasteiger partial charge >= 0.3 is 6.09 Å². The van der Waals surface area contributed by atoms with E-state index in [1.165, 1.54) is 0 Å². The van der Waals surface area contributed by atoms with E-state index in [-0.39, 0.29) is 12.8 Å². The summed E-state index contributed by atoms with van der Waals surface area (Å²) in [4.78, 5) is 14.8. The van der Waals surface area contributed by atoms with Gasteiger partial charge in [0.25, 0.3) is 0 Å². The fraction of sp³-hybridized carbons (Fsp3) is 0.353. The van der Waals surface area contributed by atoms with Crippen LogP contribution >= 0.6 is 11.6 Å². The third-order valence-electron chi connectivity index (χ3n) is 7.35. The molecular formula is C34H36ClN5O4. The van der Waals surface area contributed by atoms with Gasteiger partial charge in [0, 0.05) is 47.8 Å². The Labute approximate surface area is 262 Å². The summed E-state index contributed by atoms with van der Waals surface area (Å²) in [5, 5.41) is 23.6. The van der Waals surface area contributed by atoms with Crippen LogP contribution in [0.4, 0.5) is 10.5 Å². The predicted molar refractivity (Wildman–Crippen MR) is 172 cm³/mol. The number of piperidine rings is 1. The van der Waals surface area contributed by atoms with Gasteiger partial charge in [-0.05, 0) is 88.1 Å². The van der Waals surface area contributed by atoms with Crippen molar-refractivity contribution < 1.29 is 19.0 Å². The topological polar surface area (TPSA) is 110 Å². The Bertz CT molecular complexity index is 1700. The molecule has 1 N–H and O–H groups in total. The summed E-state index contributed by atoms with van der Waals surface area (Å²) in [7, 11) is 1.54. The van der Waals surface area contributed by atoms with Crippen LogP contribution in [-0.4, -0.2) is 54.9 Å². The number of amides is 1. The number of aromatic nitrogens is 2. The lowest BCUT2D eigenvalue weighted by Gasteiger charge is -2.35. The number of anilines is 1. The molecule has 44 heavy (non-hydrogen) atoms. The number of hydrogen-bond donors (Lipinski definition) is 1. The van der Waals surface area contributed by atoms with Crippen molar-refractivity contribution in [3.05, 3.63) is 70.7 Å². The molecule has 1 aliphatic rings. The van der Waals surface area contributed by atoms with Crippen molar-refractivity contribution in [2.75, 3.05) is 31.9 Å². The minimum absolute atomic E-state index is 0.0104. The fourth-order valence-electron chi connectivity index (χ4n) is 5.49. The molecule has 1 aliphatic heterocycles. The van der Waals surface area contributed by atoms with Crippen LogP contribution in [0.5, 0.6) is 5.75 Å². The first-order chi connectivity index (χ1) is 21.1. The molecule has 0 bridgehead atoms. The molecule has 0 unspecified atom stereocenters. The van der Waals surface area contributed by atoms with Crippen LogP contribution in [0.3, 0.4) is 0 Å². The zero-order chi connectivity index (χ0) is 31.4. The van der Waals surface area contributed by atoms with Crippen LogP contribution in [0, 0.1) is 18.3 Å². The van der Waals surface area contributed by atoms with Crippen LogP contribution in [0.2, 0.25) is 5.02 Å². The van der Waals surface area contributed by atoms with Crippen molar-refractivity contribution in [2.45, 2.75) is 52.2 Å². The minimum Gasteiger partial charge on any atom is -0.466 e. The Hall–Kier alpha value is -4.39. The summed E-state index contributed by atoms with van der Waals surface area (Å²) < 4.78 is 16.5. The number of nitrogens with zero attached hydrogens (tertiary/aromatic N) is 4. The molecule has 1 aromatic heterocycles. The summed E-state index contributed by atoms with van der Waals surface area (Å²) in [6.45, 7) is 8.95. The van der Waals surface area contributed by atoms with E-state index < -0.39 is 11.7 Å². The second-order valence-corrected chi connectivity index (χ2v) is 12.3. The van der Waals surface area contributed by atoms with Gasteiger partial charge in [0.2, 0.25) is 0 Å². The van der Waals surface area contributed by atoms with Gasteiger partial charge in [-0.3, -0.25) is 0 Å². The molecular weight excluding hydrogens is 578 g/mol. The lowest BCUT2D eigenvalue weighted by atomic mass is 9.96. The molecule has 0 aliphatic carbocycles. The van der Waals surface area contributed by atoms with Gasteiger partial charge in [0.05, 0.1) is 16.8 Å². The van der Waals surface area contributed by atoms with Crippen LogP contribution in [0.25, 0.3) is 33.3 Å². The SMILES string of the molecule is COCOc1c(C#N)cccc1-c1ccc2nnc(-c3cc(C)cc(Cl)c3)c(N3CCC(NC(=O)OC(C)(C)C)CC3)c2c1. The van der Waals surface area contributed by atoms with Crippen LogP contribution < -0.4 is 15.0 Å². The van der Waals surface area contributed by atoms with Crippen LogP contribution in [-0.2, 0) is 9.47 Å². The zero-order valence-electron chi connectivity index (χ0n) is 25.6. The number of nitriles is 1. The van der Waals surface area contributed by atoms with Gasteiger partial charge < -0.3 is 24.4 Å². The van der Waals surface area contributed by atoms with Crippen molar-refractivity contribution in [1.29, 1.82) is 5.26 Å². The Balaban J connectivity index is 1.59. The van der Waals surface area contributed by atoms with E-state index in [1.54, 1.807) is 13.2 Å². The standard InChI is InChI=1S/C34H36ClN5O4/c1-21-15-24(17-25(35)16-21)30-31(40-13-11-26(12-14-40)37-33(41)44-34(2,3)4)28-18-22(9-10-29(28)38-39-30)27-8-6-7-23(19-36)32(27)43-20-42-5/h6-10,15-18,26H,11-14,20H2,1-5H3,(H,37,41). The minimum atomic E-state index is -0.560. The normalized spacial score (nSPS) is 13.9. The highest BCUT2D eigenvalue weighted by molar-refractivity contribution is 6.31. The van der Waals surface area contributed by atoms with Gasteiger partial charge in [-0.1, -0.05) is 29.8 Å². The molecule has 1 saturated heterocycles. The Morgan fingerprint density at radius 2 is 1.86 bits per heavy atom. The molecule has 9 nitrogen and oxygen atoms in total. The number of carbonyl (C=O) groups excluding carboxylic acids is 1. The zero-order valence-corrected chi connectivity index (χ0v) is 26.4. The quantitative estimate of drug-likeness (QED) is 0.217. The van der Waals surface area contributed by atoms with Crippen molar-refractivity contribution in [2.24, 2.45) is 0 Å². The van der Waals surface area contributed by atoms with E-state index in [4.69, 9.17) is 30.9 Å². The maximum absolute atomic E-state index is 12.5. The third kappa shape index (κ3) is 7.04. The average molecular weight is 614 g/mol. The first kappa shape index (κ1) is 31.0. The molecule has 0 atom stereocenters. The van der Waals surface area contributed by atoms with Crippen LogP contribution in [0.1, 0.15) is 44.7 Å². The monoisotopic (exact) mass is 613 g/mol. The van der Waals surface area contributed by atoms with E-state index in [0.717, 1.165) is 57.4 Å². The maximum Gasteiger partial charge on any atom is 0.407 e. The van der Waals surface area contributed by atoms with Gasteiger partial charge in [0.1, 0.15) is 23.1 Å². The number of hydrogen-bond acceptors (Lipinski definition) is 8. The van der Waals surface area contributed by atoms with Gasteiger partial charge in [-0.25, -0.2) is 4.79 Å². The molecule has 5 rings (SSSR count). The molecule has 2 heterocycles. The number of rotatable bonds is 7. The first-order valence-electron chi connectivity index (χ1n) is 14.5. The average Bonchev–Trinajstić information content (AvgIpc) is 2.98. The largest absolute Gasteiger partial charge is 0.466 e. The van der Waals surface area contributed by atoms with E-state index in [0.29, 0.717) is 29.4 Å². The number of methoxy groups -OCH3 is 1. The highest BCUT2D eigenvalue weighted by Crippen LogP contribution is 2.41.